The van der Waals surface area contributed by atoms with E-state index in [1.165, 1.54) is 0 Å². The maximum atomic E-state index is 11.6. The molecule has 0 atom stereocenters. The number of nitrogens with zero attached hydrogens (tertiary/aromatic N) is 2. The van der Waals surface area contributed by atoms with Crippen molar-refractivity contribution in [2.75, 3.05) is 19.6 Å². The number of guanidine groups is 1. The normalized spacial score (nSPS) is 13.6. The SMILES string of the molecule is CCNC(=NCc1ccc(OCc2ccccn2)cc1)NCCNC(=O)C1CC1. The first-order chi connectivity index (χ1) is 14.2. The van der Waals surface area contributed by atoms with Crippen molar-refractivity contribution in [2.45, 2.75) is 32.9 Å². The standard InChI is InChI=1S/C22H29N5O2/c1-2-23-22(26-14-13-25-21(28)18-8-9-18)27-15-17-6-10-20(11-7-17)29-16-19-5-3-4-12-24-19/h3-7,10-12,18H,2,8-9,13-16H2,1H3,(H,25,28)(H2,23,26,27). The topological polar surface area (TPSA) is 87.6 Å². The fraction of sp³-hybridized carbons (Fsp3) is 0.409. The highest BCUT2D eigenvalue weighted by Crippen LogP contribution is 2.28. The number of ether oxygens (including phenoxy) is 1. The van der Waals surface area contributed by atoms with Crippen molar-refractivity contribution in [1.82, 2.24) is 20.9 Å². The molecule has 1 aliphatic rings. The molecule has 2 aromatic rings. The van der Waals surface area contributed by atoms with Crippen molar-refractivity contribution in [3.8, 4) is 5.75 Å². The summed E-state index contributed by atoms with van der Waals surface area (Å²) in [6.07, 6.45) is 3.81. The molecule has 1 aromatic heterocycles. The van der Waals surface area contributed by atoms with Gasteiger partial charge in [-0.1, -0.05) is 18.2 Å². The minimum Gasteiger partial charge on any atom is -0.487 e. The molecule has 7 nitrogen and oxygen atoms in total. The highest BCUT2D eigenvalue weighted by atomic mass is 16.5. The number of pyridine rings is 1. The predicted molar refractivity (Wildman–Crippen MR) is 114 cm³/mol. The van der Waals surface area contributed by atoms with Gasteiger partial charge < -0.3 is 20.7 Å². The van der Waals surface area contributed by atoms with Gasteiger partial charge in [-0.3, -0.25) is 9.78 Å². The van der Waals surface area contributed by atoms with E-state index in [0.29, 0.717) is 26.2 Å². The molecule has 1 heterocycles. The van der Waals surface area contributed by atoms with Crippen LogP contribution in [0.4, 0.5) is 0 Å². The fourth-order valence-corrected chi connectivity index (χ4v) is 2.70. The smallest absolute Gasteiger partial charge is 0.223 e. The van der Waals surface area contributed by atoms with Crippen molar-refractivity contribution in [2.24, 2.45) is 10.9 Å². The van der Waals surface area contributed by atoms with E-state index in [1.807, 2.05) is 49.4 Å². The van der Waals surface area contributed by atoms with E-state index in [4.69, 9.17) is 4.74 Å². The number of aliphatic imine (C=N–C) groups is 1. The first-order valence-electron chi connectivity index (χ1n) is 10.2. The molecule has 1 aliphatic carbocycles. The Morgan fingerprint density at radius 2 is 1.90 bits per heavy atom. The zero-order valence-corrected chi connectivity index (χ0v) is 16.9. The Morgan fingerprint density at radius 3 is 2.59 bits per heavy atom. The average Bonchev–Trinajstić information content (AvgIpc) is 3.60. The quantitative estimate of drug-likeness (QED) is 0.326. The van der Waals surface area contributed by atoms with Crippen LogP contribution in [0.2, 0.25) is 0 Å². The molecule has 0 saturated heterocycles. The van der Waals surface area contributed by atoms with E-state index < -0.39 is 0 Å². The van der Waals surface area contributed by atoms with Gasteiger partial charge in [-0.15, -0.1) is 0 Å². The summed E-state index contributed by atoms with van der Waals surface area (Å²) < 4.78 is 5.76. The molecule has 0 unspecified atom stereocenters. The van der Waals surface area contributed by atoms with Gasteiger partial charge in [0.15, 0.2) is 5.96 Å². The lowest BCUT2D eigenvalue weighted by atomic mass is 10.2. The summed E-state index contributed by atoms with van der Waals surface area (Å²) in [5, 5.41) is 9.41. The second-order valence-electron chi connectivity index (χ2n) is 6.94. The van der Waals surface area contributed by atoms with E-state index in [1.54, 1.807) is 6.20 Å². The third kappa shape index (κ3) is 7.44. The minimum atomic E-state index is 0.166. The van der Waals surface area contributed by atoms with E-state index in [0.717, 1.165) is 42.4 Å². The van der Waals surface area contributed by atoms with Gasteiger partial charge >= 0.3 is 0 Å². The third-order valence-corrected chi connectivity index (χ3v) is 4.47. The number of hydrogen-bond donors (Lipinski definition) is 3. The molecule has 29 heavy (non-hydrogen) atoms. The number of carbonyl (C=O) groups is 1. The summed E-state index contributed by atoms with van der Waals surface area (Å²) in [5.41, 5.74) is 1.99. The summed E-state index contributed by atoms with van der Waals surface area (Å²) in [6.45, 7) is 5.06. The van der Waals surface area contributed by atoms with Gasteiger partial charge in [0.2, 0.25) is 5.91 Å². The second-order valence-corrected chi connectivity index (χ2v) is 6.94. The summed E-state index contributed by atoms with van der Waals surface area (Å²) in [5.74, 6) is 1.95. The van der Waals surface area contributed by atoms with E-state index >= 15 is 0 Å². The molecule has 1 aromatic carbocycles. The maximum Gasteiger partial charge on any atom is 0.223 e. The molecule has 3 N–H and O–H groups in total. The first kappa shape index (κ1) is 20.6. The third-order valence-electron chi connectivity index (χ3n) is 4.47. The Hall–Kier alpha value is -3.09. The van der Waals surface area contributed by atoms with Gasteiger partial charge in [-0.2, -0.15) is 0 Å². The van der Waals surface area contributed by atoms with Crippen LogP contribution >= 0.6 is 0 Å². The lowest BCUT2D eigenvalue weighted by Gasteiger charge is -2.12. The highest BCUT2D eigenvalue weighted by molar-refractivity contribution is 5.81. The van der Waals surface area contributed by atoms with E-state index in [-0.39, 0.29) is 11.8 Å². The van der Waals surface area contributed by atoms with Gasteiger partial charge in [0.1, 0.15) is 12.4 Å². The summed E-state index contributed by atoms with van der Waals surface area (Å²) in [6, 6.07) is 13.7. The molecule has 0 bridgehead atoms. The van der Waals surface area contributed by atoms with Crippen LogP contribution < -0.4 is 20.7 Å². The van der Waals surface area contributed by atoms with Crippen molar-refractivity contribution < 1.29 is 9.53 Å². The Morgan fingerprint density at radius 1 is 1.10 bits per heavy atom. The van der Waals surface area contributed by atoms with Crippen LogP contribution in [0.15, 0.2) is 53.7 Å². The lowest BCUT2D eigenvalue weighted by Crippen LogP contribution is -2.41. The van der Waals surface area contributed by atoms with Crippen molar-refractivity contribution in [3.63, 3.8) is 0 Å². The molecule has 1 saturated carbocycles. The maximum absolute atomic E-state index is 11.6. The zero-order valence-electron chi connectivity index (χ0n) is 16.9. The van der Waals surface area contributed by atoms with Gasteiger partial charge in [-0.25, -0.2) is 4.99 Å². The lowest BCUT2D eigenvalue weighted by molar-refractivity contribution is -0.122. The van der Waals surface area contributed by atoms with Gasteiger partial charge in [0, 0.05) is 31.7 Å². The number of rotatable bonds is 10. The van der Waals surface area contributed by atoms with Crippen LogP contribution in [0.1, 0.15) is 31.0 Å². The molecule has 0 aliphatic heterocycles. The Balaban J connectivity index is 1.42. The molecule has 3 rings (SSSR count). The largest absolute Gasteiger partial charge is 0.487 e. The Bertz CT molecular complexity index is 789. The van der Waals surface area contributed by atoms with Crippen LogP contribution in [0.25, 0.3) is 0 Å². The van der Waals surface area contributed by atoms with Crippen LogP contribution in [0, 0.1) is 5.92 Å². The second kappa shape index (κ2) is 11.0. The van der Waals surface area contributed by atoms with Gasteiger partial charge in [-0.05, 0) is 49.6 Å². The van der Waals surface area contributed by atoms with Crippen molar-refractivity contribution in [1.29, 1.82) is 0 Å². The Labute approximate surface area is 172 Å². The molecule has 1 amide bonds. The molecule has 154 valence electrons. The van der Waals surface area contributed by atoms with Gasteiger partial charge in [0.25, 0.3) is 0 Å². The van der Waals surface area contributed by atoms with Crippen molar-refractivity contribution >= 4 is 11.9 Å². The van der Waals surface area contributed by atoms with E-state index in [9.17, 15) is 4.79 Å². The molecule has 0 radical (unpaired) electrons. The predicted octanol–water partition coefficient (Wildman–Crippen LogP) is 2.24. The minimum absolute atomic E-state index is 0.166. The number of hydrogen-bond acceptors (Lipinski definition) is 4. The van der Waals surface area contributed by atoms with E-state index in [2.05, 4.69) is 25.9 Å². The van der Waals surface area contributed by atoms with Crippen LogP contribution in [0.3, 0.4) is 0 Å². The number of nitrogens with one attached hydrogen (secondary N) is 3. The van der Waals surface area contributed by atoms with Gasteiger partial charge in [0.05, 0.1) is 12.2 Å². The first-order valence-corrected chi connectivity index (χ1v) is 10.2. The summed E-state index contributed by atoms with van der Waals surface area (Å²) >= 11 is 0. The number of aromatic nitrogens is 1. The number of amides is 1. The molecule has 0 spiro atoms. The van der Waals surface area contributed by atoms with Crippen LogP contribution in [0.5, 0.6) is 5.75 Å². The Kier molecular flexibility index (Phi) is 7.86. The fourth-order valence-electron chi connectivity index (χ4n) is 2.70. The van der Waals surface area contributed by atoms with Crippen LogP contribution in [-0.4, -0.2) is 36.5 Å². The molecule has 1 fully saturated rings. The highest BCUT2D eigenvalue weighted by Gasteiger charge is 2.28. The summed E-state index contributed by atoms with van der Waals surface area (Å²) in [7, 11) is 0. The van der Waals surface area contributed by atoms with Crippen molar-refractivity contribution in [3.05, 3.63) is 59.9 Å². The molecule has 7 heteroatoms. The average molecular weight is 396 g/mol. The molecular weight excluding hydrogens is 366 g/mol. The number of carbonyl (C=O) groups excluding carboxylic acids is 1. The van der Waals surface area contributed by atoms with Crippen LogP contribution in [-0.2, 0) is 17.9 Å². The number of benzene rings is 1. The monoisotopic (exact) mass is 395 g/mol. The zero-order chi connectivity index (χ0) is 20.3. The summed E-state index contributed by atoms with van der Waals surface area (Å²) in [4.78, 5) is 20.5. The molecular formula is C22H29N5O2.